The number of nitro benzene ring substituents is 2. The zero-order valence-corrected chi connectivity index (χ0v) is 29.7. The lowest BCUT2D eigenvalue weighted by Gasteiger charge is -2.35. The van der Waals surface area contributed by atoms with Crippen LogP contribution in [-0.4, -0.2) is 61.4 Å². The predicted molar refractivity (Wildman–Crippen MR) is 181 cm³/mol. The third kappa shape index (κ3) is 11.3. The Hall–Kier alpha value is -3.82. The van der Waals surface area contributed by atoms with Gasteiger partial charge in [-0.05, 0) is 56.4 Å². The van der Waals surface area contributed by atoms with Gasteiger partial charge in [0.2, 0.25) is 0 Å². The molecule has 0 aliphatic carbocycles. The highest BCUT2D eigenvalue weighted by molar-refractivity contribution is 7.85. The van der Waals surface area contributed by atoms with Crippen molar-refractivity contribution in [3.8, 4) is 0 Å². The Bertz CT molecular complexity index is 1890. The summed E-state index contributed by atoms with van der Waals surface area (Å²) in [7, 11) is -7.33. The molecule has 0 saturated carbocycles. The second-order valence-corrected chi connectivity index (χ2v) is 15.2. The van der Waals surface area contributed by atoms with Gasteiger partial charge in [0, 0.05) is 42.0 Å². The first kappa shape index (κ1) is 41.6. The SMILES string of the molecule is CS(=O)(=O)O.CS(=O)(=O)O.O=[N+]([O-])c1cc([C@H]2CC[C@H](c3cc([N+](=O)[O-])c(Cl)cc3F)N2c2cc(F)c(N3CCCCC3)c(F)c2)c(F)cc1Cl. The molecule has 22 heteroatoms. The molecule has 0 aromatic heterocycles. The zero-order valence-electron chi connectivity index (χ0n) is 26.6. The molecule has 2 N–H and O–H groups in total. The lowest BCUT2D eigenvalue weighted by atomic mass is 10.0. The highest BCUT2D eigenvalue weighted by Gasteiger charge is 2.41. The first-order chi connectivity index (χ1) is 23.5. The number of nitrogens with zero attached hydrogens (tertiary/aromatic N) is 4. The zero-order chi connectivity index (χ0) is 38.6. The van der Waals surface area contributed by atoms with E-state index in [1.165, 1.54) is 4.90 Å². The summed E-state index contributed by atoms with van der Waals surface area (Å²) in [5.41, 5.74) is -1.89. The van der Waals surface area contributed by atoms with E-state index in [1.54, 1.807) is 4.90 Å². The van der Waals surface area contributed by atoms with E-state index in [0.29, 0.717) is 25.6 Å². The highest BCUT2D eigenvalue weighted by atomic mass is 35.5. The summed E-state index contributed by atoms with van der Waals surface area (Å²) in [5.74, 6) is -3.61. The predicted octanol–water partition coefficient (Wildman–Crippen LogP) is 7.45. The van der Waals surface area contributed by atoms with Crippen LogP contribution in [0.3, 0.4) is 0 Å². The molecule has 0 spiro atoms. The smallest absolute Gasteiger partial charge is 0.288 e. The van der Waals surface area contributed by atoms with Crippen molar-refractivity contribution in [1.82, 2.24) is 0 Å². The number of hydrogen-bond donors (Lipinski definition) is 2. The van der Waals surface area contributed by atoms with Crippen LogP contribution in [0.1, 0.15) is 55.3 Å². The van der Waals surface area contributed by atoms with Crippen LogP contribution in [0.2, 0.25) is 10.0 Å². The van der Waals surface area contributed by atoms with Crippen molar-refractivity contribution in [3.05, 3.63) is 101 Å². The number of nitro groups is 2. The molecule has 3 aromatic carbocycles. The van der Waals surface area contributed by atoms with E-state index in [1.807, 2.05) is 0 Å². The summed E-state index contributed by atoms with van der Waals surface area (Å²) in [4.78, 5) is 24.4. The fourth-order valence-corrected chi connectivity index (χ4v) is 6.24. The summed E-state index contributed by atoms with van der Waals surface area (Å²) in [5, 5.41) is 22.2. The molecule has 2 atom stereocenters. The number of rotatable bonds is 6. The quantitative estimate of drug-likeness (QED) is 0.108. The van der Waals surface area contributed by atoms with Crippen LogP contribution in [0.4, 0.5) is 40.3 Å². The molecule has 2 aliphatic heterocycles. The van der Waals surface area contributed by atoms with Crippen molar-refractivity contribution in [1.29, 1.82) is 0 Å². The number of benzene rings is 3. The van der Waals surface area contributed by atoms with E-state index >= 15 is 17.6 Å². The molecule has 0 unspecified atom stereocenters. The fraction of sp³-hybridized carbons (Fsp3) is 0.379. The van der Waals surface area contributed by atoms with E-state index in [-0.39, 0.29) is 35.3 Å². The Morgan fingerprint density at radius 2 is 1.04 bits per heavy atom. The molecule has 3 aromatic rings. The number of piperidine rings is 1. The Kier molecular flexibility index (Phi) is 13.6. The lowest BCUT2D eigenvalue weighted by molar-refractivity contribution is -0.384. The highest BCUT2D eigenvalue weighted by Crippen LogP contribution is 2.50. The number of anilines is 2. The molecule has 14 nitrogen and oxygen atoms in total. The maximum atomic E-state index is 15.5. The largest absolute Gasteiger partial charge is 0.367 e. The first-order valence-corrected chi connectivity index (χ1v) is 19.1. The Morgan fingerprint density at radius 3 is 1.37 bits per heavy atom. The molecule has 5 rings (SSSR count). The van der Waals surface area contributed by atoms with Gasteiger partial charge in [0.1, 0.15) is 27.4 Å². The maximum absolute atomic E-state index is 15.5. The van der Waals surface area contributed by atoms with Gasteiger partial charge in [-0.15, -0.1) is 0 Å². The summed E-state index contributed by atoms with van der Waals surface area (Å²) >= 11 is 11.7. The van der Waals surface area contributed by atoms with Crippen molar-refractivity contribution in [2.75, 3.05) is 35.4 Å². The standard InChI is InChI=1S/C27H22Cl2F4N4O4.2CH4O3S/c28-17-12-19(30)15(10-25(17)36(38)39)23-4-5-24(16-11-26(37(40)41)18(29)13-20(16)31)35(23)14-8-21(32)27(22(33)9-14)34-6-2-1-3-7-34;2*1-5(2,3)4/h8-13,23-24H,1-7H2;2*1H3,(H,2,3,4)/t23-,24-;;/m1../s1. The average molecular weight is 806 g/mol. The molecular formula is C29H30Cl2F4N4O10S2. The van der Waals surface area contributed by atoms with Crippen LogP contribution in [-0.2, 0) is 20.2 Å². The molecule has 0 bridgehead atoms. The lowest BCUT2D eigenvalue weighted by Crippen LogP contribution is -2.32. The molecule has 0 amide bonds. The molecule has 2 heterocycles. The van der Waals surface area contributed by atoms with Gasteiger partial charge in [0.25, 0.3) is 31.6 Å². The molecule has 2 saturated heterocycles. The van der Waals surface area contributed by atoms with Crippen molar-refractivity contribution in [2.45, 2.75) is 44.2 Å². The fourth-order valence-electron chi connectivity index (χ4n) is 5.80. The van der Waals surface area contributed by atoms with Gasteiger partial charge >= 0.3 is 0 Å². The van der Waals surface area contributed by atoms with Crippen LogP contribution in [0.25, 0.3) is 0 Å². The van der Waals surface area contributed by atoms with Crippen molar-refractivity contribution in [2.24, 2.45) is 0 Å². The monoisotopic (exact) mass is 804 g/mol. The van der Waals surface area contributed by atoms with Crippen molar-refractivity contribution < 1.29 is 53.3 Å². The van der Waals surface area contributed by atoms with Crippen molar-refractivity contribution in [3.63, 3.8) is 0 Å². The van der Waals surface area contributed by atoms with Crippen LogP contribution < -0.4 is 9.80 Å². The van der Waals surface area contributed by atoms with Gasteiger partial charge in [-0.25, -0.2) is 17.6 Å². The van der Waals surface area contributed by atoms with Crippen molar-refractivity contribution >= 4 is 66.2 Å². The third-order valence-corrected chi connectivity index (χ3v) is 8.21. The molecular weight excluding hydrogens is 775 g/mol. The average Bonchev–Trinajstić information content (AvgIpc) is 3.40. The van der Waals surface area contributed by atoms with Gasteiger partial charge in [0.15, 0.2) is 11.6 Å². The molecule has 0 radical (unpaired) electrons. The molecule has 51 heavy (non-hydrogen) atoms. The van der Waals surface area contributed by atoms with Gasteiger partial charge in [-0.1, -0.05) is 23.2 Å². The van der Waals surface area contributed by atoms with Gasteiger partial charge in [-0.2, -0.15) is 16.8 Å². The van der Waals surface area contributed by atoms with Crippen LogP contribution in [0.5, 0.6) is 0 Å². The van der Waals surface area contributed by atoms with E-state index in [2.05, 4.69) is 0 Å². The third-order valence-electron chi connectivity index (χ3n) is 7.60. The second kappa shape index (κ2) is 16.7. The van der Waals surface area contributed by atoms with E-state index in [9.17, 15) is 37.1 Å². The van der Waals surface area contributed by atoms with Crippen LogP contribution in [0, 0.1) is 43.5 Å². The molecule has 2 aliphatic rings. The Balaban J connectivity index is 0.000000619. The second-order valence-electron chi connectivity index (χ2n) is 11.5. The summed E-state index contributed by atoms with van der Waals surface area (Å²) in [6.07, 6.45) is 4.02. The van der Waals surface area contributed by atoms with Gasteiger partial charge < -0.3 is 9.80 Å². The summed E-state index contributed by atoms with van der Waals surface area (Å²) in [6, 6.07) is 3.38. The summed E-state index contributed by atoms with van der Waals surface area (Å²) < 4.78 is 113. The first-order valence-electron chi connectivity index (χ1n) is 14.6. The Labute approximate surface area is 299 Å². The topological polar surface area (TPSA) is 202 Å². The number of halogens is 6. The minimum absolute atomic E-state index is 0.0628. The maximum Gasteiger partial charge on any atom is 0.288 e. The van der Waals surface area contributed by atoms with E-state index < -0.39 is 86.9 Å². The minimum Gasteiger partial charge on any atom is -0.367 e. The number of hydrogen-bond acceptors (Lipinski definition) is 10. The summed E-state index contributed by atoms with van der Waals surface area (Å²) in [6.45, 7) is 0.920. The minimum atomic E-state index is -3.67. The molecule has 2 fully saturated rings. The van der Waals surface area contributed by atoms with Crippen LogP contribution >= 0.6 is 23.2 Å². The van der Waals surface area contributed by atoms with E-state index in [0.717, 1.165) is 55.7 Å². The molecule has 280 valence electrons. The van der Waals surface area contributed by atoms with Gasteiger partial charge in [-0.3, -0.25) is 29.3 Å². The van der Waals surface area contributed by atoms with Gasteiger partial charge in [0.05, 0.1) is 34.4 Å². The Morgan fingerprint density at radius 1 is 0.686 bits per heavy atom. The van der Waals surface area contributed by atoms with E-state index in [4.69, 9.17) is 32.3 Å². The van der Waals surface area contributed by atoms with Crippen LogP contribution in [0.15, 0.2) is 36.4 Å². The normalized spacial score (nSPS) is 17.6.